The van der Waals surface area contributed by atoms with Gasteiger partial charge < -0.3 is 65.5 Å². The maximum absolute atomic E-state index is 14.0. The van der Waals surface area contributed by atoms with Gasteiger partial charge in [0.1, 0.15) is 34.4 Å². The number of anilines is 12. The summed E-state index contributed by atoms with van der Waals surface area (Å²) in [5.41, 5.74) is 37.0. The first kappa shape index (κ1) is 97.1. The van der Waals surface area contributed by atoms with Gasteiger partial charge in [0, 0.05) is 91.3 Å². The molecule has 16 aromatic rings. The second-order valence-corrected chi connectivity index (χ2v) is 39.5. The lowest BCUT2D eigenvalue weighted by atomic mass is 9.98. The number of thiazole rings is 4. The number of nitrogens with one attached hydrogen (secondary N) is 8. The summed E-state index contributed by atoms with van der Waals surface area (Å²) >= 11 is 24.1. The van der Waals surface area contributed by atoms with Crippen LogP contribution in [0.2, 0.25) is 15.1 Å². The van der Waals surface area contributed by atoms with E-state index in [0.29, 0.717) is 78.3 Å². The molecule has 0 bridgehead atoms. The van der Waals surface area contributed by atoms with Crippen LogP contribution in [0.1, 0.15) is 109 Å². The predicted molar refractivity (Wildman–Crippen MR) is 543 cm³/mol. The molecule has 0 aliphatic carbocycles. The lowest BCUT2D eigenvalue weighted by Crippen LogP contribution is -2.20. The fraction of sp³-hybridized carbons (Fsp3) is 0.175. The number of benzene rings is 8. The molecule has 16 rings (SSSR count). The second kappa shape index (κ2) is 42.0. The molecule has 0 spiro atoms. The summed E-state index contributed by atoms with van der Waals surface area (Å²) in [6.07, 6.45) is 6.44. The Balaban J connectivity index is 0.000000152. The Kier molecular flexibility index (Phi) is 30.5. The highest BCUT2D eigenvalue weighted by Gasteiger charge is 2.30. The van der Waals surface area contributed by atoms with Crippen LogP contribution >= 0.6 is 80.1 Å². The lowest BCUT2D eigenvalue weighted by Gasteiger charge is -2.13. The highest BCUT2D eigenvalue weighted by atomic mass is 35.5. The number of aryl methyl sites for hydroxylation is 1. The van der Waals surface area contributed by atoms with Crippen molar-refractivity contribution in [3.63, 3.8) is 0 Å². The van der Waals surface area contributed by atoms with Gasteiger partial charge in [0.2, 0.25) is 23.8 Å². The van der Waals surface area contributed by atoms with Gasteiger partial charge in [-0.3, -0.25) is 0 Å². The van der Waals surface area contributed by atoms with E-state index < -0.39 is 23.9 Å². The number of nitrogens with zero attached hydrogens (tertiary/aromatic N) is 12. The SMILES string of the molecule is CC(C)(C)c1nc(-c2ccnc(N)n2)c(-c2cccc(NC(=O)Nc3ccc(Cl)c(Cl)c3)c2)s1.CC(C)(C)c1nc(-c2ccnc(N)n2)c(-c2cccc(NC(=O)Nc3ccc(Cl)cc3F)c2)s1.CC(C)(C)c1nc(-c2ccnc(N)n2)c(-c2cccc(NC(=O)Nc3ccc(F)cc3)c2)s1.Cc1cccc(NC(=O)Nc2cccc(-c3sc(C(C)(C)C)nc3-c3ccnc(N)n3)c2)c1. The molecule has 684 valence electrons. The minimum atomic E-state index is -0.621. The number of halogens is 5. The van der Waals surface area contributed by atoms with E-state index in [0.717, 1.165) is 90.5 Å². The molecular weight excluding hydrogens is 1840 g/mol. The summed E-state index contributed by atoms with van der Waals surface area (Å²) in [5, 5.41) is 27.0. The van der Waals surface area contributed by atoms with E-state index in [1.807, 2.05) is 116 Å². The molecule has 37 heteroatoms. The van der Waals surface area contributed by atoms with Crippen molar-refractivity contribution in [3.05, 3.63) is 283 Å². The fourth-order valence-electron chi connectivity index (χ4n) is 12.6. The summed E-state index contributed by atoms with van der Waals surface area (Å²) in [6, 6.07) is 57.6. The Morgan fingerprint density at radius 2 is 0.590 bits per heavy atom. The van der Waals surface area contributed by atoms with E-state index >= 15 is 0 Å². The zero-order valence-electron chi connectivity index (χ0n) is 74.8. The molecule has 0 fully saturated rings. The molecule has 8 amide bonds. The molecule has 0 saturated heterocycles. The van der Waals surface area contributed by atoms with Gasteiger partial charge in [-0.2, -0.15) is 0 Å². The van der Waals surface area contributed by atoms with Crippen molar-refractivity contribution in [1.29, 1.82) is 0 Å². The molecule has 28 nitrogen and oxygen atoms in total. The predicted octanol–water partition coefficient (Wildman–Crippen LogP) is 25.7. The topological polar surface area (TPSA) is 423 Å². The summed E-state index contributed by atoms with van der Waals surface area (Å²) < 4.78 is 27.1. The molecule has 8 aromatic carbocycles. The van der Waals surface area contributed by atoms with Crippen LogP contribution in [0, 0.1) is 18.6 Å². The van der Waals surface area contributed by atoms with E-state index in [9.17, 15) is 28.0 Å². The Bertz CT molecular complexity index is 6990. The quantitative estimate of drug-likeness (QED) is 0.0427. The molecule has 8 aromatic heterocycles. The number of urea groups is 4. The number of carbonyl (C=O) groups is 4. The number of hydrogen-bond acceptors (Lipinski definition) is 24. The van der Waals surface area contributed by atoms with E-state index in [-0.39, 0.29) is 68.0 Å². The fourth-order valence-corrected chi connectivity index (χ4v) is 17.6. The van der Waals surface area contributed by atoms with Crippen molar-refractivity contribution >= 4 is 174 Å². The van der Waals surface area contributed by atoms with Crippen LogP contribution in [-0.4, -0.2) is 83.9 Å². The minimum Gasteiger partial charge on any atom is -0.368 e. The molecule has 0 radical (unpaired) electrons. The number of carbonyl (C=O) groups excluding carboxylic acids is 4. The highest BCUT2D eigenvalue weighted by Crippen LogP contribution is 2.46. The summed E-state index contributed by atoms with van der Waals surface area (Å²) in [6.45, 7) is 27.3. The van der Waals surface area contributed by atoms with Crippen molar-refractivity contribution in [3.8, 4) is 87.3 Å². The van der Waals surface area contributed by atoms with Gasteiger partial charge >= 0.3 is 24.1 Å². The summed E-state index contributed by atoms with van der Waals surface area (Å²) in [7, 11) is 0. The van der Waals surface area contributed by atoms with Crippen LogP contribution in [0.25, 0.3) is 87.3 Å². The van der Waals surface area contributed by atoms with Crippen LogP contribution in [0.15, 0.2) is 231 Å². The van der Waals surface area contributed by atoms with Gasteiger partial charge in [-0.15, -0.1) is 45.3 Å². The molecule has 134 heavy (non-hydrogen) atoms. The van der Waals surface area contributed by atoms with E-state index in [2.05, 4.69) is 165 Å². The van der Waals surface area contributed by atoms with Crippen molar-refractivity contribution < 1.29 is 28.0 Å². The summed E-state index contributed by atoms with van der Waals surface area (Å²) in [4.78, 5) is 107. The number of rotatable bonds is 16. The van der Waals surface area contributed by atoms with Gasteiger partial charge in [-0.25, -0.2) is 87.8 Å². The van der Waals surface area contributed by atoms with E-state index in [4.69, 9.17) is 77.7 Å². The van der Waals surface area contributed by atoms with Gasteiger partial charge in [0.25, 0.3) is 0 Å². The first-order chi connectivity index (χ1) is 63.6. The first-order valence-electron chi connectivity index (χ1n) is 41.4. The van der Waals surface area contributed by atoms with Crippen molar-refractivity contribution in [2.75, 3.05) is 65.5 Å². The van der Waals surface area contributed by atoms with Crippen molar-refractivity contribution in [2.45, 2.75) is 112 Å². The Labute approximate surface area is 803 Å². The van der Waals surface area contributed by atoms with Gasteiger partial charge in [-0.1, -0.05) is 179 Å². The standard InChI is InChI=1S/C25H26N6OS.C24H22Cl2N6OS.C24H22ClFN6OS.C24H23FN6OS/c1-15-7-5-9-17(13-15)28-24(32)29-18-10-6-8-16(14-18)21-20(19-11-12-27-23(26)30-19)31-22(33-21)25(2,3)4;1-24(2,3)21-32-19(18-9-10-28-22(27)31-18)20(34-21)13-5-4-6-14(11-13)29-23(33)30-15-7-8-16(25)17(26)12-15;1-24(2,3)21-32-19(18-9-10-28-22(27)30-18)20(34-21)13-5-4-6-15(11-13)29-23(33)31-17-8-7-14(25)12-16(17)26;1-24(2,3)21-31-19(18-11-12-27-22(26)30-18)20(33-21)14-5-4-6-17(13-14)29-23(32)28-16-9-7-15(25)8-10-16/h5-14H,1-4H3,(H2,26,27,30)(H2,28,29,32);4-12H,1-3H3,(H2,27,28,31)(H2,29,30,33);4-12H,1-3H3,(H2,27,28,30)(H2,29,31,33);4-13H,1-3H3,(H2,26,27,30)(H2,28,29,32). The van der Waals surface area contributed by atoms with Gasteiger partial charge in [0.05, 0.1) is 78.0 Å². The van der Waals surface area contributed by atoms with Crippen molar-refractivity contribution in [1.82, 2.24) is 59.8 Å². The monoisotopic (exact) mass is 1930 g/mol. The van der Waals surface area contributed by atoms with Gasteiger partial charge in [0.15, 0.2) is 0 Å². The first-order valence-corrected chi connectivity index (χ1v) is 45.8. The molecule has 8 heterocycles. The molecule has 0 aliphatic heterocycles. The van der Waals surface area contributed by atoms with Crippen LogP contribution in [0.4, 0.5) is 97.3 Å². The largest absolute Gasteiger partial charge is 0.368 e. The maximum atomic E-state index is 14.0. The van der Waals surface area contributed by atoms with E-state index in [1.54, 1.807) is 125 Å². The number of nitrogen functional groups attached to an aromatic ring is 4. The Hall–Kier alpha value is -14.4. The molecular formula is C97H93Cl3F2N24O4S4. The molecule has 0 aliphatic rings. The average Bonchev–Trinajstić information content (AvgIpc) is 1.65. The van der Waals surface area contributed by atoms with Crippen molar-refractivity contribution in [2.24, 2.45) is 0 Å². The van der Waals surface area contributed by atoms with Crippen LogP contribution in [0.3, 0.4) is 0 Å². The zero-order valence-corrected chi connectivity index (χ0v) is 80.3. The van der Waals surface area contributed by atoms with Crippen LogP contribution in [-0.2, 0) is 21.7 Å². The zero-order chi connectivity index (χ0) is 96.1. The molecule has 16 N–H and O–H groups in total. The third-order valence-electron chi connectivity index (χ3n) is 19.0. The number of nitrogens with two attached hydrogens (primary N) is 4. The number of hydrogen-bond donors (Lipinski definition) is 12. The van der Waals surface area contributed by atoms with Crippen LogP contribution in [0.5, 0.6) is 0 Å². The molecule has 0 atom stereocenters. The van der Waals surface area contributed by atoms with Gasteiger partial charge in [-0.05, 0) is 180 Å². The Morgan fingerprint density at radius 3 is 0.881 bits per heavy atom. The Morgan fingerprint density at radius 1 is 0.306 bits per heavy atom. The molecule has 0 saturated carbocycles. The summed E-state index contributed by atoms with van der Waals surface area (Å²) in [5.74, 6) is -0.263. The number of amides is 8. The van der Waals surface area contributed by atoms with E-state index in [1.165, 1.54) is 36.4 Å². The average molecular weight is 1930 g/mol. The molecule has 0 unspecified atom stereocenters. The third kappa shape index (κ3) is 26.1. The van der Waals surface area contributed by atoms with Crippen LogP contribution < -0.4 is 65.5 Å². The third-order valence-corrected chi connectivity index (χ3v) is 26.1. The smallest absolute Gasteiger partial charge is 0.323 e. The normalized spacial score (nSPS) is 11.3. The number of aromatic nitrogens is 12. The lowest BCUT2D eigenvalue weighted by molar-refractivity contribution is 0.261. The highest BCUT2D eigenvalue weighted by molar-refractivity contribution is 7.17. The second-order valence-electron chi connectivity index (χ2n) is 34.3. The minimum absolute atomic E-state index is 0.0268. The maximum Gasteiger partial charge on any atom is 0.323 e.